The SMILES string of the molecule is COCc1c(C(=O)N2CCN(C(=O)c3cccnc3)CC2)sc2cccc(F)c12. The second kappa shape index (κ2) is 8.26. The Labute approximate surface area is 171 Å². The van der Waals surface area contributed by atoms with E-state index in [0.717, 1.165) is 4.70 Å². The van der Waals surface area contributed by atoms with E-state index in [2.05, 4.69) is 4.98 Å². The predicted molar refractivity (Wildman–Crippen MR) is 109 cm³/mol. The Kier molecular flexibility index (Phi) is 5.55. The molecule has 8 heteroatoms. The molecule has 0 saturated carbocycles. The van der Waals surface area contributed by atoms with Gasteiger partial charge in [0.2, 0.25) is 0 Å². The molecule has 2 aromatic heterocycles. The van der Waals surface area contributed by atoms with Gasteiger partial charge in [0.05, 0.1) is 17.0 Å². The number of fused-ring (bicyclic) bond motifs is 1. The number of methoxy groups -OCH3 is 1. The molecular formula is C21H20FN3O3S. The maximum atomic E-state index is 14.4. The van der Waals surface area contributed by atoms with Crippen molar-refractivity contribution in [2.24, 2.45) is 0 Å². The molecule has 6 nitrogen and oxygen atoms in total. The number of carbonyl (C=O) groups is 2. The van der Waals surface area contributed by atoms with Gasteiger partial charge >= 0.3 is 0 Å². The summed E-state index contributed by atoms with van der Waals surface area (Å²) in [7, 11) is 1.53. The Balaban J connectivity index is 1.52. The van der Waals surface area contributed by atoms with Gasteiger partial charge in [0, 0.05) is 61.3 Å². The number of nitrogens with zero attached hydrogens (tertiary/aromatic N) is 3. The first kappa shape index (κ1) is 19.5. The van der Waals surface area contributed by atoms with E-state index in [9.17, 15) is 14.0 Å². The van der Waals surface area contributed by atoms with Gasteiger partial charge in [0.1, 0.15) is 5.82 Å². The van der Waals surface area contributed by atoms with E-state index in [1.54, 1.807) is 40.4 Å². The molecule has 3 aromatic rings. The van der Waals surface area contributed by atoms with Crippen molar-refractivity contribution >= 4 is 33.2 Å². The van der Waals surface area contributed by atoms with Gasteiger partial charge in [-0.25, -0.2) is 4.39 Å². The number of benzene rings is 1. The summed E-state index contributed by atoms with van der Waals surface area (Å²) in [4.78, 5) is 33.7. The number of ether oxygens (including phenoxy) is 1. The number of carbonyl (C=O) groups excluding carboxylic acids is 2. The lowest BCUT2D eigenvalue weighted by Crippen LogP contribution is -2.50. The normalized spacial score (nSPS) is 14.4. The highest BCUT2D eigenvalue weighted by Crippen LogP contribution is 2.34. The van der Waals surface area contributed by atoms with E-state index >= 15 is 0 Å². The lowest BCUT2D eigenvalue weighted by Gasteiger charge is -2.34. The monoisotopic (exact) mass is 413 g/mol. The summed E-state index contributed by atoms with van der Waals surface area (Å²) in [6.45, 7) is 1.90. The first-order valence-corrected chi connectivity index (χ1v) is 10.1. The number of aromatic nitrogens is 1. The zero-order chi connectivity index (χ0) is 20.4. The third-order valence-corrected chi connectivity index (χ3v) is 6.19. The van der Waals surface area contributed by atoms with Gasteiger partial charge < -0.3 is 14.5 Å². The van der Waals surface area contributed by atoms with E-state index < -0.39 is 0 Å². The highest BCUT2D eigenvalue weighted by atomic mass is 32.1. The number of halogens is 1. The fourth-order valence-electron chi connectivity index (χ4n) is 3.55. The zero-order valence-electron chi connectivity index (χ0n) is 15.9. The van der Waals surface area contributed by atoms with Crippen LogP contribution in [0.25, 0.3) is 10.1 Å². The molecule has 3 heterocycles. The molecule has 29 heavy (non-hydrogen) atoms. The molecular weight excluding hydrogens is 393 g/mol. The van der Waals surface area contributed by atoms with Crippen molar-refractivity contribution in [3.8, 4) is 0 Å². The Hall–Kier alpha value is -2.84. The van der Waals surface area contributed by atoms with Crippen molar-refractivity contribution < 1.29 is 18.7 Å². The van der Waals surface area contributed by atoms with Crippen LogP contribution in [0.3, 0.4) is 0 Å². The highest BCUT2D eigenvalue weighted by molar-refractivity contribution is 7.21. The van der Waals surface area contributed by atoms with Gasteiger partial charge in [-0.3, -0.25) is 14.6 Å². The van der Waals surface area contributed by atoms with Crippen LogP contribution in [0.5, 0.6) is 0 Å². The molecule has 1 saturated heterocycles. The Bertz CT molecular complexity index is 1050. The summed E-state index contributed by atoms with van der Waals surface area (Å²) in [5, 5.41) is 0.452. The number of hydrogen-bond acceptors (Lipinski definition) is 5. The Morgan fingerprint density at radius 1 is 1.10 bits per heavy atom. The van der Waals surface area contributed by atoms with Crippen molar-refractivity contribution in [2.45, 2.75) is 6.61 Å². The molecule has 0 spiro atoms. The van der Waals surface area contributed by atoms with Gasteiger partial charge in [-0.1, -0.05) is 6.07 Å². The smallest absolute Gasteiger partial charge is 0.264 e. The summed E-state index contributed by atoms with van der Waals surface area (Å²) >= 11 is 1.28. The molecule has 0 N–H and O–H groups in total. The second-order valence-corrected chi connectivity index (χ2v) is 7.83. The molecule has 1 aliphatic rings. The minimum absolute atomic E-state index is 0.0887. The summed E-state index contributed by atoms with van der Waals surface area (Å²) < 4.78 is 20.3. The molecule has 1 aliphatic heterocycles. The standard InChI is InChI=1S/C21H20FN3O3S/c1-28-13-15-18-16(22)5-2-6-17(18)29-19(15)21(27)25-10-8-24(9-11-25)20(26)14-4-3-7-23-12-14/h2-7,12H,8-11,13H2,1H3. The number of piperazine rings is 1. The van der Waals surface area contributed by atoms with Crippen LogP contribution in [0.15, 0.2) is 42.7 Å². The molecule has 0 radical (unpaired) electrons. The number of rotatable bonds is 4. The highest BCUT2D eigenvalue weighted by Gasteiger charge is 2.29. The molecule has 0 bridgehead atoms. The molecule has 150 valence electrons. The first-order valence-electron chi connectivity index (χ1n) is 9.27. The van der Waals surface area contributed by atoms with Crippen molar-refractivity contribution in [2.75, 3.05) is 33.3 Å². The van der Waals surface area contributed by atoms with Gasteiger partial charge in [-0.15, -0.1) is 11.3 Å². The van der Waals surface area contributed by atoms with Gasteiger partial charge in [0.15, 0.2) is 0 Å². The minimum atomic E-state index is -0.350. The zero-order valence-corrected chi connectivity index (χ0v) is 16.7. The van der Waals surface area contributed by atoms with Crippen LogP contribution < -0.4 is 0 Å². The van der Waals surface area contributed by atoms with Crippen LogP contribution in [-0.2, 0) is 11.3 Å². The topological polar surface area (TPSA) is 62.7 Å². The third kappa shape index (κ3) is 3.73. The molecule has 1 fully saturated rings. The van der Waals surface area contributed by atoms with E-state index in [1.807, 2.05) is 6.07 Å². The summed E-state index contributed by atoms with van der Waals surface area (Å²) in [6, 6.07) is 8.30. The van der Waals surface area contributed by atoms with Gasteiger partial charge in [-0.05, 0) is 24.3 Å². The largest absolute Gasteiger partial charge is 0.380 e. The van der Waals surface area contributed by atoms with Crippen LogP contribution >= 0.6 is 11.3 Å². The van der Waals surface area contributed by atoms with Crippen LogP contribution in [0, 0.1) is 5.82 Å². The minimum Gasteiger partial charge on any atom is -0.380 e. The molecule has 4 rings (SSSR count). The average molecular weight is 413 g/mol. The molecule has 2 amide bonds. The van der Waals surface area contributed by atoms with E-state index in [4.69, 9.17) is 4.74 Å². The maximum Gasteiger partial charge on any atom is 0.264 e. The van der Waals surface area contributed by atoms with Crippen LogP contribution in [0.2, 0.25) is 0 Å². The first-order chi connectivity index (χ1) is 14.1. The molecule has 1 aromatic carbocycles. The Morgan fingerprint density at radius 2 is 1.83 bits per heavy atom. The third-order valence-electron chi connectivity index (χ3n) is 5.01. The number of amides is 2. The quantitative estimate of drug-likeness (QED) is 0.659. The van der Waals surface area contributed by atoms with Crippen LogP contribution in [0.1, 0.15) is 25.6 Å². The second-order valence-electron chi connectivity index (χ2n) is 6.78. The Morgan fingerprint density at radius 3 is 2.48 bits per heavy atom. The van der Waals surface area contributed by atoms with E-state index in [-0.39, 0.29) is 24.2 Å². The fraction of sp³-hybridized carbons (Fsp3) is 0.286. The summed E-state index contributed by atoms with van der Waals surface area (Å²) in [5.74, 6) is -0.586. The van der Waals surface area contributed by atoms with Crippen molar-refractivity contribution in [1.82, 2.24) is 14.8 Å². The molecule has 0 atom stereocenters. The van der Waals surface area contributed by atoms with E-state index in [1.165, 1.54) is 24.5 Å². The lowest BCUT2D eigenvalue weighted by atomic mass is 10.1. The van der Waals surface area contributed by atoms with Gasteiger partial charge in [-0.2, -0.15) is 0 Å². The molecule has 0 aliphatic carbocycles. The fourth-order valence-corrected chi connectivity index (χ4v) is 4.74. The van der Waals surface area contributed by atoms with Crippen LogP contribution in [-0.4, -0.2) is 59.9 Å². The average Bonchev–Trinajstić information content (AvgIpc) is 3.13. The van der Waals surface area contributed by atoms with Gasteiger partial charge in [0.25, 0.3) is 11.8 Å². The van der Waals surface area contributed by atoms with E-state index in [0.29, 0.717) is 47.6 Å². The van der Waals surface area contributed by atoms with Crippen molar-refractivity contribution in [1.29, 1.82) is 0 Å². The summed E-state index contributed by atoms with van der Waals surface area (Å²) in [6.07, 6.45) is 3.17. The maximum absolute atomic E-state index is 14.4. The number of thiophene rings is 1. The lowest BCUT2D eigenvalue weighted by molar-refractivity contribution is 0.0536. The van der Waals surface area contributed by atoms with Crippen molar-refractivity contribution in [3.63, 3.8) is 0 Å². The summed E-state index contributed by atoms with van der Waals surface area (Å²) in [5.41, 5.74) is 1.12. The molecule has 0 unspecified atom stereocenters. The van der Waals surface area contributed by atoms with Crippen molar-refractivity contribution in [3.05, 3.63) is 64.5 Å². The van der Waals surface area contributed by atoms with Crippen LogP contribution in [0.4, 0.5) is 4.39 Å². The number of hydrogen-bond donors (Lipinski definition) is 0. The number of pyridine rings is 1. The predicted octanol–water partition coefficient (Wildman–Crippen LogP) is 3.18.